The van der Waals surface area contributed by atoms with Crippen LogP contribution in [0.1, 0.15) is 0 Å². The van der Waals surface area contributed by atoms with E-state index >= 15 is 0 Å². The Morgan fingerprint density at radius 1 is 0.375 bits per heavy atom. The quantitative estimate of drug-likeness (QED) is 0.263. The molecule has 0 aliphatic rings. The summed E-state index contributed by atoms with van der Waals surface area (Å²) >= 11 is 0. The largest absolute Gasteiger partial charge is 3.00 e. The molecule has 0 aromatic carbocycles. The average Bonchev–Trinajstić information content (AvgIpc) is 2.18. The van der Waals surface area contributed by atoms with Gasteiger partial charge in [-0.05, 0) is 0 Å². The zero-order chi connectivity index (χ0) is 10.2. The first-order valence-electron chi connectivity index (χ1n) is 3.95. The third-order valence-electron chi connectivity index (χ3n) is 0.500. The predicted molar refractivity (Wildman–Crippen MR) is 54.3 cm³/mol. The normalized spacial score (nSPS) is 5.62. The molecule has 12 N–H and O–H groups in total. The first kappa shape index (κ1) is 43.4. The summed E-state index contributed by atoms with van der Waals surface area (Å²) in [5, 5.41) is 0. The van der Waals surface area contributed by atoms with Crippen molar-refractivity contribution in [3.05, 3.63) is 0 Å². The van der Waals surface area contributed by atoms with E-state index in [9.17, 15) is 0 Å². The van der Waals surface area contributed by atoms with Crippen LogP contribution in [0.3, 0.4) is 0 Å². The second-order valence-electron chi connectivity index (χ2n) is 1.73. The molecule has 0 unspecified atom stereocenters. The van der Waals surface area contributed by atoms with E-state index < -0.39 is 0 Å². The molecule has 0 atom stereocenters. The van der Waals surface area contributed by atoms with Gasteiger partial charge in [0.2, 0.25) is 0 Å². The topological polar surface area (TPSA) is 156 Å². The Kier molecular flexibility index (Phi) is 195. The molecule has 0 bridgehead atoms. The summed E-state index contributed by atoms with van der Waals surface area (Å²) < 4.78 is 0. The Bertz CT molecular complexity index is 43.7. The van der Waals surface area contributed by atoms with Gasteiger partial charge in [0.15, 0.2) is 0 Å². The van der Waals surface area contributed by atoms with Crippen LogP contribution in [0.5, 0.6) is 0 Å². The van der Waals surface area contributed by atoms with E-state index in [1.807, 2.05) is 0 Å². The van der Waals surface area contributed by atoms with Gasteiger partial charge in [0.05, 0.1) is 0 Å². The van der Waals surface area contributed by atoms with Gasteiger partial charge in [-0.15, -0.1) is 0 Å². The van der Waals surface area contributed by atoms with Gasteiger partial charge in [-0.1, -0.05) is 0 Å². The minimum Gasteiger partial charge on any atom is -1.00 e. The molecule has 0 heterocycles. The van der Waals surface area contributed by atoms with Crippen molar-refractivity contribution in [3.8, 4) is 0 Å². The predicted octanol–water partition coefficient (Wildman–Crippen LogP) is -12.3. The molecule has 6 nitrogen and oxygen atoms in total. The van der Waals surface area contributed by atoms with Gasteiger partial charge in [-0.25, -0.2) is 0 Å². The van der Waals surface area contributed by atoms with Crippen LogP contribution in [-0.4, -0.2) is 39.3 Å². The van der Waals surface area contributed by atoms with Crippen LogP contribution in [0.2, 0.25) is 0 Å². The van der Waals surface area contributed by atoms with Crippen molar-refractivity contribution in [3.63, 3.8) is 0 Å². The molecule has 0 saturated carbocycles. The van der Waals surface area contributed by atoms with Gasteiger partial charge in [-0.2, -0.15) is 0 Å². The number of hydrogen-bond acceptors (Lipinski definition) is 6. The third kappa shape index (κ3) is 171. The van der Waals surface area contributed by atoms with E-state index in [4.69, 9.17) is 34.4 Å². The van der Waals surface area contributed by atoms with Gasteiger partial charge >= 0.3 is 19.5 Å². The average molecular weight is 390 g/mol. The fourth-order valence-corrected chi connectivity index (χ4v) is 0. The molecular formula is C6H24Cl3N6Rh. The van der Waals surface area contributed by atoms with Crippen LogP contribution in [0, 0.1) is 0 Å². The minimum absolute atomic E-state index is 0. The van der Waals surface area contributed by atoms with E-state index in [1.54, 1.807) is 0 Å². The second-order valence-corrected chi connectivity index (χ2v) is 1.73. The first-order chi connectivity index (χ1) is 5.74. The van der Waals surface area contributed by atoms with Gasteiger partial charge in [0.1, 0.15) is 0 Å². The molecule has 108 valence electrons. The Morgan fingerprint density at radius 3 is 0.438 bits per heavy atom. The van der Waals surface area contributed by atoms with Crippen molar-refractivity contribution in [2.24, 2.45) is 34.4 Å². The zero-order valence-electron chi connectivity index (χ0n) is 9.17. The molecule has 0 fully saturated rings. The standard InChI is InChI=1S/3C2H8N2.3ClH.Rh/c3*3-1-2-4;;;;/h3*1-4H2;3*1H;/q;;;;;;+3/p-3. The number of hydrogen-bond donors (Lipinski definition) is 6. The van der Waals surface area contributed by atoms with Gasteiger partial charge < -0.3 is 71.6 Å². The summed E-state index contributed by atoms with van der Waals surface area (Å²) in [4.78, 5) is 0. The van der Waals surface area contributed by atoms with E-state index in [0.29, 0.717) is 39.3 Å². The van der Waals surface area contributed by atoms with Crippen molar-refractivity contribution >= 4 is 0 Å². The van der Waals surface area contributed by atoms with Crippen LogP contribution in [0.25, 0.3) is 0 Å². The van der Waals surface area contributed by atoms with Crippen LogP contribution >= 0.6 is 0 Å². The summed E-state index contributed by atoms with van der Waals surface area (Å²) in [5.74, 6) is 0. The maximum atomic E-state index is 4.90. The smallest absolute Gasteiger partial charge is 1.00 e. The maximum Gasteiger partial charge on any atom is 3.00 e. The monoisotopic (exact) mass is 388 g/mol. The molecule has 16 heavy (non-hydrogen) atoms. The van der Waals surface area contributed by atoms with Crippen molar-refractivity contribution in [1.82, 2.24) is 0 Å². The fourth-order valence-electron chi connectivity index (χ4n) is 0. The Balaban J connectivity index is -0.0000000135. The van der Waals surface area contributed by atoms with Gasteiger partial charge in [0, 0.05) is 39.3 Å². The zero-order valence-corrected chi connectivity index (χ0v) is 13.1. The molecule has 0 aliphatic carbocycles. The van der Waals surface area contributed by atoms with Crippen LogP contribution in [0.15, 0.2) is 0 Å². The van der Waals surface area contributed by atoms with Crippen molar-refractivity contribution in [2.45, 2.75) is 0 Å². The number of halogens is 3. The van der Waals surface area contributed by atoms with E-state index in [1.165, 1.54) is 0 Å². The van der Waals surface area contributed by atoms with Crippen molar-refractivity contribution in [2.75, 3.05) is 39.3 Å². The molecule has 0 aliphatic heterocycles. The summed E-state index contributed by atoms with van der Waals surface area (Å²) in [7, 11) is 0. The van der Waals surface area contributed by atoms with Crippen molar-refractivity contribution < 1.29 is 56.7 Å². The van der Waals surface area contributed by atoms with Crippen LogP contribution < -0.4 is 71.6 Å². The number of nitrogens with two attached hydrogens (primary N) is 6. The molecule has 0 aromatic rings. The second kappa shape index (κ2) is 71.9. The summed E-state index contributed by atoms with van der Waals surface area (Å²) in [5.41, 5.74) is 29.4. The molecular weight excluding hydrogens is 365 g/mol. The Labute approximate surface area is 130 Å². The molecule has 0 spiro atoms. The Morgan fingerprint density at radius 2 is 0.438 bits per heavy atom. The minimum atomic E-state index is 0. The first-order valence-corrected chi connectivity index (χ1v) is 3.95. The van der Waals surface area contributed by atoms with E-state index in [-0.39, 0.29) is 56.7 Å². The SMILES string of the molecule is NCCN.NCCN.NCCN.[Cl-].[Cl-].[Cl-].[Rh+3]. The summed E-state index contributed by atoms with van der Waals surface area (Å²) in [6, 6.07) is 0. The van der Waals surface area contributed by atoms with Gasteiger partial charge in [0.25, 0.3) is 0 Å². The summed E-state index contributed by atoms with van der Waals surface area (Å²) in [6.45, 7) is 3.58. The number of rotatable bonds is 3. The maximum absolute atomic E-state index is 4.90. The Hall–Kier alpha value is 1.25. The van der Waals surface area contributed by atoms with Crippen LogP contribution in [-0.2, 0) is 19.5 Å². The van der Waals surface area contributed by atoms with Crippen molar-refractivity contribution in [1.29, 1.82) is 0 Å². The molecule has 0 amide bonds. The molecule has 0 rings (SSSR count). The fraction of sp³-hybridized carbons (Fsp3) is 1.00. The third-order valence-corrected chi connectivity index (χ3v) is 0.500. The molecule has 0 saturated heterocycles. The van der Waals surface area contributed by atoms with Crippen LogP contribution in [0.4, 0.5) is 0 Å². The molecule has 0 aromatic heterocycles. The van der Waals surface area contributed by atoms with E-state index in [2.05, 4.69) is 0 Å². The van der Waals surface area contributed by atoms with Gasteiger partial charge in [-0.3, -0.25) is 0 Å². The molecule has 10 heteroatoms. The van der Waals surface area contributed by atoms with E-state index in [0.717, 1.165) is 0 Å². The summed E-state index contributed by atoms with van der Waals surface area (Å²) in [6.07, 6.45) is 0. The molecule has 0 radical (unpaired) electrons.